The van der Waals surface area contributed by atoms with Crippen LogP contribution in [-0.2, 0) is 14.8 Å². The summed E-state index contributed by atoms with van der Waals surface area (Å²) in [5.74, 6) is 0.000234. The van der Waals surface area contributed by atoms with Gasteiger partial charge in [0, 0.05) is 26.2 Å². The van der Waals surface area contributed by atoms with E-state index in [-0.39, 0.29) is 24.9 Å². The fourth-order valence-corrected chi connectivity index (χ4v) is 4.38. The van der Waals surface area contributed by atoms with Crippen molar-refractivity contribution in [2.24, 2.45) is 0 Å². The van der Waals surface area contributed by atoms with Gasteiger partial charge in [-0.1, -0.05) is 30.3 Å². The van der Waals surface area contributed by atoms with E-state index in [0.717, 1.165) is 10.8 Å². The summed E-state index contributed by atoms with van der Waals surface area (Å²) in [6.45, 7) is 1.77. The summed E-state index contributed by atoms with van der Waals surface area (Å²) in [5.41, 5.74) is 0. The van der Waals surface area contributed by atoms with Crippen molar-refractivity contribution >= 4 is 39.1 Å². The lowest BCUT2D eigenvalue weighted by Crippen LogP contribution is -2.52. The maximum absolute atomic E-state index is 12.8. The minimum atomic E-state index is -3.54. The van der Waals surface area contributed by atoms with E-state index in [2.05, 4.69) is 5.32 Å². The SMILES string of the molecule is CNCC(=O)N1CCN(S(=O)(=O)c2ccc3ccccc3c2)CC1.Cl. The molecule has 0 atom stereocenters. The largest absolute Gasteiger partial charge is 0.339 e. The van der Waals surface area contributed by atoms with Crippen molar-refractivity contribution in [3.63, 3.8) is 0 Å². The number of sulfonamides is 1. The van der Waals surface area contributed by atoms with Gasteiger partial charge in [-0.25, -0.2) is 8.42 Å². The highest BCUT2D eigenvalue weighted by Gasteiger charge is 2.29. The number of likely N-dealkylation sites (N-methyl/N-ethyl adjacent to an activating group) is 1. The molecule has 0 aliphatic carbocycles. The second-order valence-corrected chi connectivity index (χ2v) is 7.76. The van der Waals surface area contributed by atoms with E-state index in [1.807, 2.05) is 30.3 Å². The first-order valence-electron chi connectivity index (χ1n) is 7.94. The lowest BCUT2D eigenvalue weighted by molar-refractivity contribution is -0.131. The van der Waals surface area contributed by atoms with Crippen LogP contribution < -0.4 is 5.32 Å². The van der Waals surface area contributed by atoms with Crippen molar-refractivity contribution in [1.29, 1.82) is 0 Å². The summed E-state index contributed by atoms with van der Waals surface area (Å²) in [5, 5.41) is 4.74. The van der Waals surface area contributed by atoms with Gasteiger partial charge >= 0.3 is 0 Å². The molecule has 0 radical (unpaired) electrons. The highest BCUT2D eigenvalue weighted by Crippen LogP contribution is 2.22. The zero-order chi connectivity index (χ0) is 17.2. The van der Waals surface area contributed by atoms with Gasteiger partial charge in [-0.15, -0.1) is 12.4 Å². The number of piperazine rings is 1. The fraction of sp³-hybridized carbons (Fsp3) is 0.353. The minimum absolute atomic E-state index is 0. The lowest BCUT2D eigenvalue weighted by atomic mass is 10.1. The number of fused-ring (bicyclic) bond motifs is 1. The van der Waals surface area contributed by atoms with Crippen molar-refractivity contribution < 1.29 is 13.2 Å². The zero-order valence-corrected chi connectivity index (χ0v) is 15.6. The van der Waals surface area contributed by atoms with E-state index in [1.165, 1.54) is 4.31 Å². The predicted octanol–water partition coefficient (Wildman–Crippen LogP) is 1.31. The van der Waals surface area contributed by atoms with Gasteiger partial charge in [-0.05, 0) is 30.0 Å². The minimum Gasteiger partial charge on any atom is -0.339 e. The topological polar surface area (TPSA) is 69.7 Å². The Bertz CT molecular complexity index is 849. The molecule has 1 aliphatic heterocycles. The van der Waals surface area contributed by atoms with Gasteiger partial charge in [-0.2, -0.15) is 4.31 Å². The molecule has 1 saturated heterocycles. The maximum Gasteiger partial charge on any atom is 0.243 e. The number of rotatable bonds is 4. The van der Waals surface area contributed by atoms with Gasteiger partial charge in [0.05, 0.1) is 11.4 Å². The molecule has 0 bridgehead atoms. The molecule has 25 heavy (non-hydrogen) atoms. The van der Waals surface area contributed by atoms with E-state index in [0.29, 0.717) is 31.1 Å². The Labute approximate surface area is 154 Å². The molecule has 1 fully saturated rings. The van der Waals surface area contributed by atoms with Crippen LogP contribution in [-0.4, -0.2) is 63.3 Å². The lowest BCUT2D eigenvalue weighted by Gasteiger charge is -2.34. The molecule has 0 spiro atoms. The monoisotopic (exact) mass is 383 g/mol. The third-order valence-electron chi connectivity index (χ3n) is 4.28. The van der Waals surface area contributed by atoms with Crippen molar-refractivity contribution in [3.8, 4) is 0 Å². The summed E-state index contributed by atoms with van der Waals surface area (Å²) in [4.78, 5) is 13.9. The predicted molar refractivity (Wildman–Crippen MR) is 100 cm³/mol. The first-order valence-corrected chi connectivity index (χ1v) is 9.38. The number of carbonyl (C=O) groups is 1. The van der Waals surface area contributed by atoms with Crippen LogP contribution in [0.15, 0.2) is 47.4 Å². The van der Waals surface area contributed by atoms with E-state index in [9.17, 15) is 13.2 Å². The Hall–Kier alpha value is -1.67. The Morgan fingerprint density at radius 2 is 1.68 bits per heavy atom. The smallest absolute Gasteiger partial charge is 0.243 e. The normalized spacial score (nSPS) is 15.8. The first-order chi connectivity index (χ1) is 11.5. The van der Waals surface area contributed by atoms with Crippen LogP contribution in [0, 0.1) is 0 Å². The molecule has 2 aromatic carbocycles. The van der Waals surface area contributed by atoms with E-state index in [1.54, 1.807) is 24.1 Å². The van der Waals surface area contributed by atoms with Gasteiger partial charge in [0.1, 0.15) is 0 Å². The van der Waals surface area contributed by atoms with Crippen LogP contribution in [0.3, 0.4) is 0 Å². The van der Waals surface area contributed by atoms with Crippen LogP contribution >= 0.6 is 12.4 Å². The molecule has 0 aromatic heterocycles. The Kier molecular flexibility index (Phi) is 6.40. The number of carbonyl (C=O) groups excluding carboxylic acids is 1. The molecule has 1 heterocycles. The van der Waals surface area contributed by atoms with E-state index in [4.69, 9.17) is 0 Å². The van der Waals surface area contributed by atoms with Gasteiger partial charge in [0.25, 0.3) is 0 Å². The van der Waals surface area contributed by atoms with Crippen LogP contribution in [0.5, 0.6) is 0 Å². The van der Waals surface area contributed by atoms with Crippen molar-refractivity contribution in [2.75, 3.05) is 39.8 Å². The second kappa shape index (κ2) is 8.14. The molecule has 2 aromatic rings. The maximum atomic E-state index is 12.8. The zero-order valence-electron chi connectivity index (χ0n) is 14.0. The average Bonchev–Trinajstić information content (AvgIpc) is 2.61. The van der Waals surface area contributed by atoms with Gasteiger partial charge in [0.15, 0.2) is 0 Å². The van der Waals surface area contributed by atoms with Crippen molar-refractivity contribution in [2.45, 2.75) is 4.90 Å². The number of benzene rings is 2. The molecule has 8 heteroatoms. The standard InChI is InChI=1S/C17H21N3O3S.ClH/c1-18-13-17(21)19-8-10-20(11-9-19)24(22,23)16-7-6-14-4-2-3-5-15(14)12-16;/h2-7,12,18H,8-11,13H2,1H3;1H. The van der Waals surface area contributed by atoms with Crippen molar-refractivity contribution in [3.05, 3.63) is 42.5 Å². The van der Waals surface area contributed by atoms with Crippen LogP contribution in [0.25, 0.3) is 10.8 Å². The molecule has 136 valence electrons. The number of hydrogen-bond acceptors (Lipinski definition) is 4. The number of hydrogen-bond donors (Lipinski definition) is 1. The molecule has 1 aliphatic rings. The molecule has 1 N–H and O–H groups in total. The van der Waals surface area contributed by atoms with Gasteiger partial charge in [-0.3, -0.25) is 4.79 Å². The van der Waals surface area contributed by atoms with Crippen LogP contribution in [0.2, 0.25) is 0 Å². The number of nitrogens with zero attached hydrogens (tertiary/aromatic N) is 2. The summed E-state index contributed by atoms with van der Waals surface area (Å²) in [6, 6.07) is 12.9. The Morgan fingerprint density at radius 1 is 1.04 bits per heavy atom. The molecule has 6 nitrogen and oxygen atoms in total. The first kappa shape index (κ1) is 19.7. The molecular formula is C17H22ClN3O3S. The van der Waals surface area contributed by atoms with Crippen LogP contribution in [0.4, 0.5) is 0 Å². The number of amides is 1. The molecule has 0 unspecified atom stereocenters. The highest BCUT2D eigenvalue weighted by atomic mass is 35.5. The number of nitrogens with one attached hydrogen (secondary N) is 1. The van der Waals surface area contributed by atoms with E-state index >= 15 is 0 Å². The van der Waals surface area contributed by atoms with Crippen molar-refractivity contribution in [1.82, 2.24) is 14.5 Å². The number of halogens is 1. The van der Waals surface area contributed by atoms with E-state index < -0.39 is 10.0 Å². The quantitative estimate of drug-likeness (QED) is 0.864. The van der Waals surface area contributed by atoms with Gasteiger partial charge in [0.2, 0.25) is 15.9 Å². The highest BCUT2D eigenvalue weighted by molar-refractivity contribution is 7.89. The summed E-state index contributed by atoms with van der Waals surface area (Å²) < 4.78 is 27.1. The average molecular weight is 384 g/mol. The molecule has 3 rings (SSSR count). The summed E-state index contributed by atoms with van der Waals surface area (Å²) in [7, 11) is -1.81. The Balaban J connectivity index is 0.00000225. The molecule has 0 saturated carbocycles. The fourth-order valence-electron chi connectivity index (χ4n) is 2.92. The third-order valence-corrected chi connectivity index (χ3v) is 6.17. The second-order valence-electron chi connectivity index (χ2n) is 5.82. The van der Waals surface area contributed by atoms with Gasteiger partial charge < -0.3 is 10.2 Å². The summed E-state index contributed by atoms with van der Waals surface area (Å²) in [6.07, 6.45) is 0. The molecule has 1 amide bonds. The molecular weight excluding hydrogens is 362 g/mol. The Morgan fingerprint density at radius 3 is 2.32 bits per heavy atom. The summed E-state index contributed by atoms with van der Waals surface area (Å²) >= 11 is 0. The van der Waals surface area contributed by atoms with Crippen LogP contribution in [0.1, 0.15) is 0 Å². The third kappa shape index (κ3) is 4.12.